The normalized spacial score (nSPS) is 10.4. The van der Waals surface area contributed by atoms with E-state index in [0.717, 1.165) is 10.4 Å². The van der Waals surface area contributed by atoms with Gasteiger partial charge in [-0.05, 0) is 30.9 Å². The van der Waals surface area contributed by atoms with Crippen molar-refractivity contribution in [2.75, 3.05) is 6.61 Å². The van der Waals surface area contributed by atoms with Crippen molar-refractivity contribution in [3.05, 3.63) is 22.7 Å². The summed E-state index contributed by atoms with van der Waals surface area (Å²) in [6, 6.07) is 1.96. The van der Waals surface area contributed by atoms with E-state index in [2.05, 4.69) is 15.4 Å². The van der Waals surface area contributed by atoms with Crippen LogP contribution in [0.25, 0.3) is 10.6 Å². The number of nitrogens with one attached hydrogen (secondary N) is 1. The minimum atomic E-state index is -0.447. The Hall–Kier alpha value is -1.69. The highest BCUT2D eigenvalue weighted by Crippen LogP contribution is 2.27. The van der Waals surface area contributed by atoms with E-state index in [1.807, 2.05) is 18.4 Å². The Morgan fingerprint density at radius 3 is 3.00 bits per heavy atom. The molecule has 0 radical (unpaired) electrons. The lowest BCUT2D eigenvalue weighted by Crippen LogP contribution is -2.06. The Labute approximate surface area is 96.4 Å². The van der Waals surface area contributed by atoms with E-state index >= 15 is 0 Å². The number of aromatic nitrogens is 3. The summed E-state index contributed by atoms with van der Waals surface area (Å²) in [4.78, 5) is 12.5. The number of aryl methyl sites for hydroxylation is 1. The van der Waals surface area contributed by atoms with Gasteiger partial charge >= 0.3 is 5.97 Å². The number of ether oxygens (including phenoxy) is 1. The van der Waals surface area contributed by atoms with Gasteiger partial charge in [-0.15, -0.1) is 16.4 Å². The number of hydrogen-bond donors (Lipinski definition) is 1. The minimum Gasteiger partial charge on any atom is -0.461 e. The molecule has 0 atom stereocenters. The van der Waals surface area contributed by atoms with Gasteiger partial charge in [-0.3, -0.25) is 0 Å². The number of esters is 1. The van der Waals surface area contributed by atoms with Crippen LogP contribution in [-0.4, -0.2) is 28.0 Å². The lowest BCUT2D eigenvalue weighted by atomic mass is 10.2. The zero-order valence-corrected chi connectivity index (χ0v) is 9.80. The number of thiophene rings is 1. The second-order valence-corrected chi connectivity index (χ2v) is 4.14. The van der Waals surface area contributed by atoms with Gasteiger partial charge in [0.1, 0.15) is 5.69 Å². The molecule has 0 aromatic carbocycles. The first-order valence-corrected chi connectivity index (χ1v) is 5.73. The molecule has 0 fully saturated rings. The van der Waals surface area contributed by atoms with E-state index in [-0.39, 0.29) is 5.69 Å². The van der Waals surface area contributed by atoms with Crippen molar-refractivity contribution in [1.29, 1.82) is 0 Å². The fourth-order valence-corrected chi connectivity index (χ4v) is 2.19. The smallest absolute Gasteiger partial charge is 0.361 e. The van der Waals surface area contributed by atoms with Crippen LogP contribution in [-0.2, 0) is 4.74 Å². The third kappa shape index (κ3) is 1.96. The van der Waals surface area contributed by atoms with Crippen LogP contribution in [0.3, 0.4) is 0 Å². The SMILES string of the molecule is CCOC(=O)c1n[nH]nc1-c1cc(C)cs1. The molecule has 0 spiro atoms. The molecule has 2 aromatic heterocycles. The van der Waals surface area contributed by atoms with E-state index in [9.17, 15) is 4.79 Å². The number of hydrogen-bond acceptors (Lipinski definition) is 5. The molecule has 2 heterocycles. The van der Waals surface area contributed by atoms with Gasteiger partial charge in [-0.1, -0.05) is 0 Å². The Morgan fingerprint density at radius 2 is 2.38 bits per heavy atom. The highest BCUT2D eigenvalue weighted by atomic mass is 32.1. The summed E-state index contributed by atoms with van der Waals surface area (Å²) in [6.07, 6.45) is 0. The van der Waals surface area contributed by atoms with Crippen LogP contribution in [0, 0.1) is 6.92 Å². The molecule has 0 saturated heterocycles. The maximum atomic E-state index is 11.6. The topological polar surface area (TPSA) is 67.9 Å². The molecule has 0 aliphatic carbocycles. The van der Waals surface area contributed by atoms with Gasteiger partial charge < -0.3 is 4.74 Å². The molecule has 0 saturated carbocycles. The molecule has 2 aromatic rings. The number of carbonyl (C=O) groups excluding carboxylic acids is 1. The quantitative estimate of drug-likeness (QED) is 0.829. The molecule has 0 aliphatic rings. The summed E-state index contributed by atoms with van der Waals surface area (Å²) < 4.78 is 4.90. The Bertz CT molecular complexity index is 504. The first-order valence-electron chi connectivity index (χ1n) is 4.85. The highest BCUT2D eigenvalue weighted by molar-refractivity contribution is 7.13. The van der Waals surface area contributed by atoms with Gasteiger partial charge in [0, 0.05) is 0 Å². The summed E-state index contributed by atoms with van der Waals surface area (Å²) in [5, 5.41) is 12.2. The van der Waals surface area contributed by atoms with Crippen molar-refractivity contribution < 1.29 is 9.53 Å². The van der Waals surface area contributed by atoms with Gasteiger partial charge in [0.2, 0.25) is 0 Å². The zero-order chi connectivity index (χ0) is 11.5. The second kappa shape index (κ2) is 4.44. The summed E-state index contributed by atoms with van der Waals surface area (Å²) in [7, 11) is 0. The third-order valence-electron chi connectivity index (χ3n) is 1.98. The van der Waals surface area contributed by atoms with Gasteiger partial charge in [0.05, 0.1) is 11.5 Å². The minimum absolute atomic E-state index is 0.240. The molecule has 0 bridgehead atoms. The Balaban J connectivity index is 2.36. The van der Waals surface area contributed by atoms with E-state index in [1.165, 1.54) is 11.3 Å². The maximum absolute atomic E-state index is 11.6. The Morgan fingerprint density at radius 1 is 1.56 bits per heavy atom. The summed E-state index contributed by atoms with van der Waals surface area (Å²) >= 11 is 1.53. The molecule has 84 valence electrons. The van der Waals surface area contributed by atoms with Crippen molar-refractivity contribution in [1.82, 2.24) is 15.4 Å². The molecule has 6 heteroatoms. The van der Waals surface area contributed by atoms with Crippen molar-refractivity contribution in [2.24, 2.45) is 0 Å². The van der Waals surface area contributed by atoms with Crippen LogP contribution in [0.5, 0.6) is 0 Å². The molecule has 0 unspecified atom stereocenters. The lowest BCUT2D eigenvalue weighted by Gasteiger charge is -1.98. The fraction of sp³-hybridized carbons (Fsp3) is 0.300. The van der Waals surface area contributed by atoms with Crippen molar-refractivity contribution in [3.8, 4) is 10.6 Å². The van der Waals surface area contributed by atoms with Crippen LogP contribution in [0.15, 0.2) is 11.4 Å². The summed E-state index contributed by atoms with van der Waals surface area (Å²) in [6.45, 7) is 4.08. The molecular weight excluding hydrogens is 226 g/mol. The van der Waals surface area contributed by atoms with Crippen LogP contribution in [0.2, 0.25) is 0 Å². The van der Waals surface area contributed by atoms with Crippen molar-refractivity contribution >= 4 is 17.3 Å². The fourth-order valence-electron chi connectivity index (χ4n) is 1.30. The number of carbonyl (C=O) groups is 1. The monoisotopic (exact) mass is 237 g/mol. The first-order chi connectivity index (χ1) is 7.72. The maximum Gasteiger partial charge on any atom is 0.361 e. The standard InChI is InChI=1S/C10H11N3O2S/c1-3-15-10(14)9-8(11-13-12-9)7-4-6(2)5-16-7/h4-5H,3H2,1-2H3,(H,11,12,13). The van der Waals surface area contributed by atoms with Crippen LogP contribution in [0.1, 0.15) is 23.0 Å². The summed E-state index contributed by atoms with van der Waals surface area (Å²) in [5.41, 5.74) is 1.93. The van der Waals surface area contributed by atoms with Crippen LogP contribution >= 0.6 is 11.3 Å². The van der Waals surface area contributed by atoms with Crippen molar-refractivity contribution in [3.63, 3.8) is 0 Å². The predicted molar refractivity (Wildman–Crippen MR) is 60.4 cm³/mol. The largest absolute Gasteiger partial charge is 0.461 e. The molecule has 2 rings (SSSR count). The average molecular weight is 237 g/mol. The van der Waals surface area contributed by atoms with Crippen LogP contribution in [0.4, 0.5) is 0 Å². The van der Waals surface area contributed by atoms with E-state index in [4.69, 9.17) is 4.74 Å². The molecule has 1 N–H and O–H groups in total. The average Bonchev–Trinajstić information content (AvgIpc) is 2.85. The van der Waals surface area contributed by atoms with Gasteiger partial charge in [-0.2, -0.15) is 10.3 Å². The van der Waals surface area contributed by atoms with E-state index in [0.29, 0.717) is 12.3 Å². The van der Waals surface area contributed by atoms with E-state index in [1.54, 1.807) is 6.92 Å². The zero-order valence-electron chi connectivity index (χ0n) is 8.98. The molecular formula is C10H11N3O2S. The number of aromatic amines is 1. The lowest BCUT2D eigenvalue weighted by molar-refractivity contribution is 0.0520. The molecule has 0 amide bonds. The van der Waals surface area contributed by atoms with E-state index < -0.39 is 5.97 Å². The highest BCUT2D eigenvalue weighted by Gasteiger charge is 2.19. The Kier molecular flexibility index (Phi) is 3.00. The molecule has 5 nitrogen and oxygen atoms in total. The molecule has 0 aliphatic heterocycles. The van der Waals surface area contributed by atoms with Crippen LogP contribution < -0.4 is 0 Å². The second-order valence-electron chi connectivity index (χ2n) is 3.23. The predicted octanol–water partition coefficient (Wildman–Crippen LogP) is 2.02. The van der Waals surface area contributed by atoms with Gasteiger partial charge in [0.25, 0.3) is 0 Å². The van der Waals surface area contributed by atoms with Crippen molar-refractivity contribution in [2.45, 2.75) is 13.8 Å². The number of H-pyrrole nitrogens is 1. The van der Waals surface area contributed by atoms with Gasteiger partial charge in [-0.25, -0.2) is 4.79 Å². The third-order valence-corrected chi connectivity index (χ3v) is 3.04. The summed E-state index contributed by atoms with van der Waals surface area (Å²) in [5.74, 6) is -0.447. The first kappa shape index (κ1) is 10.8. The number of rotatable bonds is 3. The van der Waals surface area contributed by atoms with Gasteiger partial charge in [0.15, 0.2) is 5.69 Å². The molecule has 16 heavy (non-hydrogen) atoms. The number of nitrogens with zero attached hydrogens (tertiary/aromatic N) is 2.